The van der Waals surface area contributed by atoms with Crippen LogP contribution >= 0.6 is 15.9 Å². The molecule has 0 aromatic carbocycles. The predicted octanol–water partition coefficient (Wildman–Crippen LogP) is 3.64. The number of hydrogen-bond donors (Lipinski definition) is 0. The highest BCUT2D eigenvalue weighted by molar-refractivity contribution is 9.09. The highest BCUT2D eigenvalue weighted by atomic mass is 79.9. The molecule has 3 heteroatoms. The molecule has 0 bridgehead atoms. The number of carbonyl (C=O) groups is 1. The number of ketones is 1. The van der Waals surface area contributed by atoms with Crippen LogP contribution in [0.5, 0.6) is 0 Å². The van der Waals surface area contributed by atoms with Gasteiger partial charge in [0.15, 0.2) is 5.78 Å². The van der Waals surface area contributed by atoms with Crippen molar-refractivity contribution in [3.8, 4) is 0 Å². The van der Waals surface area contributed by atoms with E-state index in [1.54, 1.807) is 7.11 Å². The van der Waals surface area contributed by atoms with Crippen LogP contribution < -0.4 is 0 Å². The summed E-state index contributed by atoms with van der Waals surface area (Å²) in [5.41, 5.74) is 0.997. The summed E-state index contributed by atoms with van der Waals surface area (Å²) < 4.78 is 5.28. The molecule has 0 aromatic heterocycles. The number of alkyl halides is 1. The minimum atomic E-state index is 0.162. The maximum atomic E-state index is 11.9. The van der Waals surface area contributed by atoms with E-state index in [9.17, 15) is 4.79 Å². The number of unbranched alkanes of at least 4 members (excludes halogenated alkanes) is 2. The van der Waals surface area contributed by atoms with E-state index in [1.807, 2.05) is 6.08 Å². The largest absolute Gasteiger partial charge is 0.377 e. The minimum Gasteiger partial charge on any atom is -0.377 e. The first kappa shape index (κ1) is 13.9. The Morgan fingerprint density at radius 3 is 3.00 bits per heavy atom. The lowest BCUT2D eigenvalue weighted by Gasteiger charge is -2.19. The number of ether oxygens (including phenoxy) is 1. The third kappa shape index (κ3) is 4.79. The molecule has 2 nitrogen and oxygen atoms in total. The van der Waals surface area contributed by atoms with Crippen LogP contribution in [0.25, 0.3) is 0 Å². The molecule has 0 heterocycles. The fourth-order valence-electron chi connectivity index (χ4n) is 2.02. The van der Waals surface area contributed by atoms with Gasteiger partial charge in [-0.15, -0.1) is 0 Å². The SMILES string of the molecule is COC1C=C(C(=O)CCCCCBr)CCC1. The molecule has 0 radical (unpaired) electrons. The Bertz CT molecular complexity index is 248. The van der Waals surface area contributed by atoms with Gasteiger partial charge in [0.1, 0.15) is 0 Å². The van der Waals surface area contributed by atoms with E-state index in [-0.39, 0.29) is 6.10 Å². The first-order valence-corrected chi connectivity index (χ1v) is 7.22. The highest BCUT2D eigenvalue weighted by Crippen LogP contribution is 2.22. The van der Waals surface area contributed by atoms with Crippen molar-refractivity contribution in [3.05, 3.63) is 11.6 Å². The molecule has 1 aliphatic rings. The highest BCUT2D eigenvalue weighted by Gasteiger charge is 2.17. The molecule has 0 amide bonds. The quantitative estimate of drug-likeness (QED) is 0.528. The Morgan fingerprint density at radius 1 is 1.50 bits per heavy atom. The lowest BCUT2D eigenvalue weighted by Crippen LogP contribution is -2.16. The average Bonchev–Trinajstić information content (AvgIpc) is 2.34. The maximum Gasteiger partial charge on any atom is 0.158 e. The van der Waals surface area contributed by atoms with E-state index in [0.717, 1.165) is 49.4 Å². The zero-order valence-electron chi connectivity index (χ0n) is 10.0. The van der Waals surface area contributed by atoms with E-state index in [4.69, 9.17) is 4.74 Å². The van der Waals surface area contributed by atoms with E-state index in [0.29, 0.717) is 12.2 Å². The summed E-state index contributed by atoms with van der Waals surface area (Å²) in [6, 6.07) is 0. The van der Waals surface area contributed by atoms with Gasteiger partial charge < -0.3 is 4.74 Å². The van der Waals surface area contributed by atoms with Crippen molar-refractivity contribution in [1.82, 2.24) is 0 Å². The fourth-order valence-corrected chi connectivity index (χ4v) is 2.42. The summed E-state index contributed by atoms with van der Waals surface area (Å²) in [6.07, 6.45) is 9.27. The molecule has 0 fully saturated rings. The number of allylic oxidation sites excluding steroid dienone is 1. The van der Waals surface area contributed by atoms with Crippen molar-refractivity contribution in [3.63, 3.8) is 0 Å². The second-order valence-corrected chi connectivity index (χ2v) is 5.07. The molecule has 92 valence electrons. The van der Waals surface area contributed by atoms with Gasteiger partial charge in [0.25, 0.3) is 0 Å². The summed E-state index contributed by atoms with van der Waals surface area (Å²) in [4.78, 5) is 11.9. The molecule has 1 aliphatic carbocycles. The molecular formula is C13H21BrO2. The monoisotopic (exact) mass is 288 g/mol. The van der Waals surface area contributed by atoms with Gasteiger partial charge in [0.05, 0.1) is 6.10 Å². The van der Waals surface area contributed by atoms with Crippen molar-refractivity contribution >= 4 is 21.7 Å². The van der Waals surface area contributed by atoms with Crippen LogP contribution in [0.2, 0.25) is 0 Å². The standard InChI is InChI=1S/C13H21BrO2/c1-16-12-7-5-6-11(10-12)13(15)8-3-2-4-9-14/h10,12H,2-9H2,1H3. The summed E-state index contributed by atoms with van der Waals surface area (Å²) in [6.45, 7) is 0. The minimum absolute atomic E-state index is 0.162. The molecule has 1 unspecified atom stereocenters. The predicted molar refractivity (Wildman–Crippen MR) is 70.0 cm³/mol. The van der Waals surface area contributed by atoms with Crippen molar-refractivity contribution in [2.45, 2.75) is 51.0 Å². The zero-order valence-corrected chi connectivity index (χ0v) is 11.6. The van der Waals surface area contributed by atoms with Gasteiger partial charge in [-0.3, -0.25) is 4.79 Å². The first-order valence-electron chi connectivity index (χ1n) is 6.10. The molecule has 0 spiro atoms. The van der Waals surface area contributed by atoms with E-state index < -0.39 is 0 Å². The number of carbonyl (C=O) groups excluding carboxylic acids is 1. The Balaban J connectivity index is 2.32. The maximum absolute atomic E-state index is 11.9. The van der Waals surface area contributed by atoms with Crippen LogP contribution in [-0.4, -0.2) is 24.3 Å². The molecule has 16 heavy (non-hydrogen) atoms. The van der Waals surface area contributed by atoms with Crippen molar-refractivity contribution in [1.29, 1.82) is 0 Å². The summed E-state index contributed by atoms with van der Waals surface area (Å²) in [5, 5.41) is 1.04. The zero-order chi connectivity index (χ0) is 11.8. The normalized spacial score (nSPS) is 20.6. The second-order valence-electron chi connectivity index (χ2n) is 4.28. The second kappa shape index (κ2) is 8.02. The van der Waals surface area contributed by atoms with Crippen LogP contribution in [0.3, 0.4) is 0 Å². The van der Waals surface area contributed by atoms with Gasteiger partial charge in [-0.25, -0.2) is 0 Å². The van der Waals surface area contributed by atoms with Crippen LogP contribution in [0.4, 0.5) is 0 Å². The number of halogens is 1. The van der Waals surface area contributed by atoms with E-state index >= 15 is 0 Å². The van der Waals surface area contributed by atoms with E-state index in [2.05, 4.69) is 15.9 Å². The Hall–Kier alpha value is -0.150. The molecule has 0 aliphatic heterocycles. The molecule has 0 aromatic rings. The molecule has 1 atom stereocenters. The molecule has 0 saturated heterocycles. The topological polar surface area (TPSA) is 26.3 Å². The van der Waals surface area contributed by atoms with Gasteiger partial charge in [0, 0.05) is 18.9 Å². The van der Waals surface area contributed by atoms with Gasteiger partial charge in [0.2, 0.25) is 0 Å². The number of rotatable bonds is 7. The van der Waals surface area contributed by atoms with Gasteiger partial charge >= 0.3 is 0 Å². The third-order valence-corrected chi connectivity index (χ3v) is 3.58. The summed E-state index contributed by atoms with van der Waals surface area (Å²) >= 11 is 3.40. The Morgan fingerprint density at radius 2 is 2.31 bits per heavy atom. The van der Waals surface area contributed by atoms with Crippen LogP contribution in [0.15, 0.2) is 11.6 Å². The molecule has 0 saturated carbocycles. The smallest absolute Gasteiger partial charge is 0.158 e. The number of methoxy groups -OCH3 is 1. The lowest BCUT2D eigenvalue weighted by atomic mass is 9.92. The summed E-state index contributed by atoms with van der Waals surface area (Å²) in [7, 11) is 1.71. The van der Waals surface area contributed by atoms with Crippen LogP contribution in [0.1, 0.15) is 44.9 Å². The molecular weight excluding hydrogens is 268 g/mol. The summed E-state index contributed by atoms with van der Waals surface area (Å²) in [5.74, 6) is 0.330. The van der Waals surface area contributed by atoms with Gasteiger partial charge in [-0.2, -0.15) is 0 Å². The van der Waals surface area contributed by atoms with Crippen molar-refractivity contribution < 1.29 is 9.53 Å². The van der Waals surface area contributed by atoms with E-state index in [1.165, 1.54) is 0 Å². The van der Waals surface area contributed by atoms with Crippen molar-refractivity contribution in [2.24, 2.45) is 0 Å². The van der Waals surface area contributed by atoms with Crippen molar-refractivity contribution in [2.75, 3.05) is 12.4 Å². The van der Waals surface area contributed by atoms with Crippen LogP contribution in [0, 0.1) is 0 Å². The molecule has 0 N–H and O–H groups in total. The Labute approximate surface area is 107 Å². The number of hydrogen-bond acceptors (Lipinski definition) is 2. The van der Waals surface area contributed by atoms with Gasteiger partial charge in [-0.05, 0) is 43.8 Å². The first-order chi connectivity index (χ1) is 7.77. The van der Waals surface area contributed by atoms with Gasteiger partial charge in [-0.1, -0.05) is 22.4 Å². The third-order valence-electron chi connectivity index (χ3n) is 3.02. The van der Waals surface area contributed by atoms with Crippen LogP contribution in [-0.2, 0) is 9.53 Å². The lowest BCUT2D eigenvalue weighted by molar-refractivity contribution is -0.116. The average molecular weight is 289 g/mol. The molecule has 1 rings (SSSR count). The fraction of sp³-hybridized carbons (Fsp3) is 0.769. The Kier molecular flexibility index (Phi) is 6.97. The number of Topliss-reactive ketones (excluding diaryl/α,β-unsaturated/α-hetero) is 1.